The number of aliphatic hydroxyl groups excluding tert-OH is 1. The lowest BCUT2D eigenvalue weighted by Crippen LogP contribution is -2.47. The maximum atomic E-state index is 9.35. The number of hydrogen-bond donors (Lipinski definition) is 2. The highest BCUT2D eigenvalue weighted by Crippen LogP contribution is 2.47. The van der Waals surface area contributed by atoms with Gasteiger partial charge in [-0.05, 0) is 0 Å². The molecule has 0 aromatic rings. The van der Waals surface area contributed by atoms with Gasteiger partial charge in [0, 0.05) is 0 Å². The van der Waals surface area contributed by atoms with Crippen molar-refractivity contribution in [1.82, 2.24) is 0 Å². The fourth-order valence-electron chi connectivity index (χ4n) is 1.80. The average molecular weight is 143 g/mol. The van der Waals surface area contributed by atoms with Crippen LogP contribution in [0, 0.1) is 0 Å². The molecule has 3 rings (SSSR count). The maximum absolute atomic E-state index is 9.35. The van der Waals surface area contributed by atoms with Gasteiger partial charge in [0.1, 0.15) is 30.5 Å². The minimum atomic E-state index is -0.506. The molecule has 2 aliphatic heterocycles. The molecule has 0 radical (unpaired) electrons. The molecule has 4 heteroatoms. The molecule has 3 N–H and O–H groups in total. The zero-order valence-electron chi connectivity index (χ0n) is 5.31. The standard InChI is InChI=1S/C6H9NO3/c7-1-2(8)4-6(10-4)5-3(1)9-5/h1-6,8H,7H2/t1-,2-,3-,4+,5-,6+/m0/s1. The maximum Gasteiger partial charge on any atom is 0.116 e. The van der Waals surface area contributed by atoms with E-state index < -0.39 is 6.10 Å². The molecule has 1 aliphatic carbocycles. The number of hydrogen-bond acceptors (Lipinski definition) is 4. The molecule has 1 saturated carbocycles. The van der Waals surface area contributed by atoms with Crippen molar-refractivity contribution in [3.63, 3.8) is 0 Å². The fraction of sp³-hybridized carbons (Fsp3) is 1.00. The van der Waals surface area contributed by atoms with Crippen LogP contribution in [0.4, 0.5) is 0 Å². The summed E-state index contributed by atoms with van der Waals surface area (Å²) in [5.41, 5.74) is 5.63. The van der Waals surface area contributed by atoms with Crippen molar-refractivity contribution < 1.29 is 14.6 Å². The van der Waals surface area contributed by atoms with Crippen molar-refractivity contribution in [3.8, 4) is 0 Å². The Morgan fingerprint density at radius 2 is 1.60 bits per heavy atom. The highest BCUT2D eigenvalue weighted by atomic mass is 16.7. The average Bonchev–Trinajstić information content (AvgIpc) is 2.71. The Morgan fingerprint density at radius 1 is 1.00 bits per heavy atom. The summed E-state index contributed by atoms with van der Waals surface area (Å²) in [6.45, 7) is 0. The number of fused-ring (bicyclic) bond motifs is 3. The number of epoxide rings is 2. The molecule has 3 fully saturated rings. The third-order valence-electron chi connectivity index (χ3n) is 2.56. The summed E-state index contributed by atoms with van der Waals surface area (Å²) in [7, 11) is 0. The van der Waals surface area contributed by atoms with Gasteiger partial charge in [-0.3, -0.25) is 0 Å². The van der Waals surface area contributed by atoms with Gasteiger partial charge in [0.05, 0.1) is 6.04 Å². The molecule has 0 aromatic heterocycles. The fourth-order valence-corrected chi connectivity index (χ4v) is 1.80. The molecule has 0 spiro atoms. The van der Waals surface area contributed by atoms with Gasteiger partial charge in [0.15, 0.2) is 0 Å². The van der Waals surface area contributed by atoms with Gasteiger partial charge in [-0.2, -0.15) is 0 Å². The van der Waals surface area contributed by atoms with E-state index in [9.17, 15) is 5.11 Å². The smallest absolute Gasteiger partial charge is 0.116 e. The first-order chi connectivity index (χ1) is 4.79. The summed E-state index contributed by atoms with van der Waals surface area (Å²) >= 11 is 0. The van der Waals surface area contributed by atoms with Crippen molar-refractivity contribution in [2.45, 2.75) is 36.6 Å². The molecule has 4 nitrogen and oxygen atoms in total. The lowest BCUT2D eigenvalue weighted by atomic mass is 9.93. The molecule has 3 aliphatic rings. The molecule has 0 bridgehead atoms. The highest BCUT2D eigenvalue weighted by molar-refractivity contribution is 5.17. The Kier molecular flexibility index (Phi) is 0.757. The molecule has 0 amide bonds. The second-order valence-electron chi connectivity index (χ2n) is 3.20. The minimum Gasteiger partial charge on any atom is -0.389 e. The molecule has 56 valence electrons. The SMILES string of the molecule is N[C@H]1[C@H](O)[C@H]2O[C@H]2[C@H]2O[C@@H]12. The van der Waals surface area contributed by atoms with E-state index in [1.165, 1.54) is 0 Å². The number of rotatable bonds is 0. The summed E-state index contributed by atoms with van der Waals surface area (Å²) in [6.07, 6.45) is -0.116. The largest absolute Gasteiger partial charge is 0.389 e. The Bertz CT molecular complexity index is 166. The van der Waals surface area contributed by atoms with Crippen LogP contribution in [0.25, 0.3) is 0 Å². The molecular formula is C6H9NO3. The normalized spacial score (nSPS) is 70.2. The van der Waals surface area contributed by atoms with Crippen molar-refractivity contribution in [3.05, 3.63) is 0 Å². The van der Waals surface area contributed by atoms with Crippen LogP contribution in [0.3, 0.4) is 0 Å². The van der Waals surface area contributed by atoms with E-state index in [-0.39, 0.29) is 30.5 Å². The molecular weight excluding hydrogens is 134 g/mol. The number of aliphatic hydroxyl groups is 1. The molecule has 2 saturated heterocycles. The second kappa shape index (κ2) is 1.38. The van der Waals surface area contributed by atoms with Crippen LogP contribution >= 0.6 is 0 Å². The lowest BCUT2D eigenvalue weighted by Gasteiger charge is -2.16. The van der Waals surface area contributed by atoms with Crippen LogP contribution in [0.5, 0.6) is 0 Å². The van der Waals surface area contributed by atoms with E-state index in [0.29, 0.717) is 0 Å². The van der Waals surface area contributed by atoms with Gasteiger partial charge in [0.25, 0.3) is 0 Å². The molecule has 10 heavy (non-hydrogen) atoms. The zero-order chi connectivity index (χ0) is 6.88. The Balaban J connectivity index is 1.89. The molecule has 0 unspecified atom stereocenters. The van der Waals surface area contributed by atoms with Crippen LogP contribution in [-0.4, -0.2) is 41.7 Å². The first-order valence-corrected chi connectivity index (χ1v) is 3.53. The van der Waals surface area contributed by atoms with Gasteiger partial charge < -0.3 is 20.3 Å². The minimum absolute atomic E-state index is 0.0289. The van der Waals surface area contributed by atoms with Gasteiger partial charge in [-0.25, -0.2) is 0 Å². The summed E-state index contributed by atoms with van der Waals surface area (Å²) in [5, 5.41) is 9.35. The van der Waals surface area contributed by atoms with Gasteiger partial charge in [-0.15, -0.1) is 0 Å². The Labute approximate surface area is 57.9 Å². The third kappa shape index (κ3) is 0.473. The van der Waals surface area contributed by atoms with Crippen molar-refractivity contribution in [2.75, 3.05) is 0 Å². The number of ether oxygens (including phenoxy) is 2. The van der Waals surface area contributed by atoms with E-state index in [2.05, 4.69) is 0 Å². The van der Waals surface area contributed by atoms with E-state index in [0.717, 1.165) is 0 Å². The Hall–Kier alpha value is -0.160. The van der Waals surface area contributed by atoms with Crippen LogP contribution in [0.1, 0.15) is 0 Å². The number of nitrogens with two attached hydrogens (primary N) is 1. The van der Waals surface area contributed by atoms with Crippen LogP contribution in [-0.2, 0) is 9.47 Å². The van der Waals surface area contributed by atoms with E-state index in [4.69, 9.17) is 15.2 Å². The first-order valence-electron chi connectivity index (χ1n) is 3.53. The first kappa shape index (κ1) is 5.49. The van der Waals surface area contributed by atoms with E-state index >= 15 is 0 Å². The summed E-state index contributed by atoms with van der Waals surface area (Å²) in [5.74, 6) is 0. The summed E-state index contributed by atoms with van der Waals surface area (Å²) < 4.78 is 10.4. The zero-order valence-corrected chi connectivity index (χ0v) is 5.31. The van der Waals surface area contributed by atoms with Crippen LogP contribution < -0.4 is 5.73 Å². The quantitative estimate of drug-likeness (QED) is 0.393. The van der Waals surface area contributed by atoms with Crippen molar-refractivity contribution in [2.24, 2.45) is 5.73 Å². The van der Waals surface area contributed by atoms with Gasteiger partial charge in [-0.1, -0.05) is 0 Å². The topological polar surface area (TPSA) is 71.3 Å². The predicted molar refractivity (Wildman–Crippen MR) is 31.3 cm³/mol. The molecule has 0 aromatic carbocycles. The molecule has 2 heterocycles. The summed E-state index contributed by atoms with van der Waals surface area (Å²) in [6, 6.07) is -0.228. The monoisotopic (exact) mass is 143 g/mol. The van der Waals surface area contributed by atoms with Gasteiger partial charge >= 0.3 is 0 Å². The second-order valence-corrected chi connectivity index (χ2v) is 3.20. The van der Waals surface area contributed by atoms with Gasteiger partial charge in [0.2, 0.25) is 0 Å². The van der Waals surface area contributed by atoms with Crippen LogP contribution in [0.2, 0.25) is 0 Å². The van der Waals surface area contributed by atoms with E-state index in [1.54, 1.807) is 0 Å². The lowest BCUT2D eigenvalue weighted by molar-refractivity contribution is 0.0974. The highest BCUT2D eigenvalue weighted by Gasteiger charge is 2.68. The Morgan fingerprint density at radius 3 is 2.40 bits per heavy atom. The van der Waals surface area contributed by atoms with E-state index in [1.807, 2.05) is 0 Å². The third-order valence-corrected chi connectivity index (χ3v) is 2.56. The molecule has 6 atom stereocenters. The van der Waals surface area contributed by atoms with Crippen LogP contribution in [0.15, 0.2) is 0 Å². The van der Waals surface area contributed by atoms with Crippen molar-refractivity contribution >= 4 is 0 Å². The van der Waals surface area contributed by atoms with Crippen molar-refractivity contribution in [1.29, 1.82) is 0 Å². The predicted octanol–water partition coefficient (Wildman–Crippen LogP) is -1.78. The summed E-state index contributed by atoms with van der Waals surface area (Å²) in [4.78, 5) is 0.